The Kier molecular flexibility index (Phi) is 7.07. The van der Waals surface area contributed by atoms with E-state index in [-0.39, 0.29) is 18.4 Å². The average molecular weight is 246 g/mol. The first-order valence-corrected chi connectivity index (χ1v) is 6.25. The molecule has 1 aromatic rings. The Labute approximate surface area is 103 Å². The molecule has 0 aliphatic heterocycles. The van der Waals surface area contributed by atoms with Crippen molar-refractivity contribution in [2.45, 2.75) is 31.2 Å². The second-order valence-corrected chi connectivity index (χ2v) is 4.89. The van der Waals surface area contributed by atoms with E-state index < -0.39 is 0 Å². The van der Waals surface area contributed by atoms with E-state index in [1.807, 2.05) is 0 Å². The Hall–Kier alpha value is -0.180. The SMILES string of the molecule is CSc1ccc([C@H](N)CC(C)C)cc1.Cl. The maximum Gasteiger partial charge on any atom is 0.0297 e. The summed E-state index contributed by atoms with van der Waals surface area (Å²) < 4.78 is 0. The van der Waals surface area contributed by atoms with E-state index in [0.717, 1.165) is 6.42 Å². The van der Waals surface area contributed by atoms with Gasteiger partial charge in [-0.05, 0) is 36.3 Å². The smallest absolute Gasteiger partial charge is 0.0297 e. The van der Waals surface area contributed by atoms with Gasteiger partial charge in [0.15, 0.2) is 0 Å². The fourth-order valence-corrected chi connectivity index (χ4v) is 1.90. The lowest BCUT2D eigenvalue weighted by molar-refractivity contribution is 0.510. The van der Waals surface area contributed by atoms with Gasteiger partial charge in [-0.25, -0.2) is 0 Å². The molecule has 0 radical (unpaired) electrons. The molecule has 2 N–H and O–H groups in total. The molecule has 1 atom stereocenters. The minimum Gasteiger partial charge on any atom is -0.324 e. The van der Waals surface area contributed by atoms with Crippen LogP contribution in [0.3, 0.4) is 0 Å². The second kappa shape index (κ2) is 7.15. The highest BCUT2D eigenvalue weighted by Gasteiger charge is 2.07. The van der Waals surface area contributed by atoms with Gasteiger partial charge in [0.1, 0.15) is 0 Å². The van der Waals surface area contributed by atoms with Gasteiger partial charge in [0.05, 0.1) is 0 Å². The summed E-state index contributed by atoms with van der Waals surface area (Å²) in [6.45, 7) is 4.41. The topological polar surface area (TPSA) is 26.0 Å². The van der Waals surface area contributed by atoms with Crippen LogP contribution in [0.2, 0.25) is 0 Å². The van der Waals surface area contributed by atoms with Crippen LogP contribution in [-0.2, 0) is 0 Å². The summed E-state index contributed by atoms with van der Waals surface area (Å²) in [5.41, 5.74) is 7.33. The van der Waals surface area contributed by atoms with Crippen LogP contribution in [0, 0.1) is 5.92 Å². The van der Waals surface area contributed by atoms with Crippen LogP contribution in [0.15, 0.2) is 29.2 Å². The third-order valence-electron chi connectivity index (χ3n) is 2.27. The van der Waals surface area contributed by atoms with Crippen LogP contribution in [0.4, 0.5) is 0 Å². The van der Waals surface area contributed by atoms with Crippen LogP contribution < -0.4 is 5.73 Å². The maximum atomic E-state index is 6.08. The standard InChI is InChI=1S/C12H19NS.ClH/c1-9(2)8-12(13)10-4-6-11(14-3)7-5-10;/h4-7,9,12H,8,13H2,1-3H3;1H/t12-;/m1./s1. The molecule has 0 aromatic heterocycles. The van der Waals surface area contributed by atoms with Crippen molar-refractivity contribution in [2.75, 3.05) is 6.26 Å². The van der Waals surface area contributed by atoms with E-state index in [2.05, 4.69) is 44.4 Å². The zero-order valence-electron chi connectivity index (χ0n) is 9.57. The normalized spacial score (nSPS) is 12.3. The molecular formula is C12H20ClNS. The highest BCUT2D eigenvalue weighted by atomic mass is 35.5. The Morgan fingerprint density at radius 3 is 2.13 bits per heavy atom. The number of nitrogens with two attached hydrogens (primary N) is 1. The van der Waals surface area contributed by atoms with Gasteiger partial charge >= 0.3 is 0 Å². The number of halogens is 1. The molecule has 0 aliphatic carbocycles. The number of rotatable bonds is 4. The molecule has 1 nitrogen and oxygen atoms in total. The summed E-state index contributed by atoms with van der Waals surface area (Å²) in [5, 5.41) is 0. The van der Waals surface area contributed by atoms with Crippen molar-refractivity contribution in [3.05, 3.63) is 29.8 Å². The van der Waals surface area contributed by atoms with Crippen molar-refractivity contribution in [3.8, 4) is 0 Å². The first kappa shape index (κ1) is 14.8. The fraction of sp³-hybridized carbons (Fsp3) is 0.500. The number of thioether (sulfide) groups is 1. The molecule has 0 fully saturated rings. The minimum absolute atomic E-state index is 0. The first-order chi connectivity index (χ1) is 6.63. The zero-order valence-corrected chi connectivity index (χ0v) is 11.2. The Bertz CT molecular complexity index is 271. The average Bonchev–Trinajstić information content (AvgIpc) is 2.17. The van der Waals surface area contributed by atoms with E-state index in [1.165, 1.54) is 10.5 Å². The van der Waals surface area contributed by atoms with Crippen molar-refractivity contribution < 1.29 is 0 Å². The predicted molar refractivity (Wildman–Crippen MR) is 71.9 cm³/mol. The van der Waals surface area contributed by atoms with E-state index in [1.54, 1.807) is 11.8 Å². The largest absolute Gasteiger partial charge is 0.324 e. The van der Waals surface area contributed by atoms with Crippen LogP contribution in [0.5, 0.6) is 0 Å². The highest BCUT2D eigenvalue weighted by Crippen LogP contribution is 2.21. The van der Waals surface area contributed by atoms with E-state index in [0.29, 0.717) is 5.92 Å². The highest BCUT2D eigenvalue weighted by molar-refractivity contribution is 7.98. The third-order valence-corrected chi connectivity index (χ3v) is 3.01. The van der Waals surface area contributed by atoms with Gasteiger partial charge in [-0.15, -0.1) is 24.2 Å². The van der Waals surface area contributed by atoms with Gasteiger partial charge in [-0.2, -0.15) is 0 Å². The Balaban J connectivity index is 0.00000196. The molecule has 15 heavy (non-hydrogen) atoms. The maximum absolute atomic E-state index is 6.08. The van der Waals surface area contributed by atoms with Gasteiger partial charge < -0.3 is 5.73 Å². The number of hydrogen-bond acceptors (Lipinski definition) is 2. The summed E-state index contributed by atoms with van der Waals surface area (Å²) in [4.78, 5) is 1.30. The lowest BCUT2D eigenvalue weighted by Crippen LogP contribution is -2.12. The zero-order chi connectivity index (χ0) is 10.6. The van der Waals surface area contributed by atoms with Crippen LogP contribution >= 0.6 is 24.2 Å². The van der Waals surface area contributed by atoms with Crippen molar-refractivity contribution in [3.63, 3.8) is 0 Å². The van der Waals surface area contributed by atoms with Gasteiger partial charge in [0, 0.05) is 10.9 Å². The van der Waals surface area contributed by atoms with E-state index in [4.69, 9.17) is 5.73 Å². The third kappa shape index (κ3) is 4.92. The molecule has 0 spiro atoms. The number of benzene rings is 1. The second-order valence-electron chi connectivity index (χ2n) is 4.01. The van der Waals surface area contributed by atoms with Crippen molar-refractivity contribution >= 4 is 24.2 Å². The molecule has 0 saturated carbocycles. The van der Waals surface area contributed by atoms with Crippen molar-refractivity contribution in [2.24, 2.45) is 11.7 Å². The molecule has 1 rings (SSSR count). The summed E-state index contributed by atoms with van der Waals surface area (Å²) in [5.74, 6) is 0.658. The summed E-state index contributed by atoms with van der Waals surface area (Å²) >= 11 is 1.76. The van der Waals surface area contributed by atoms with Crippen LogP contribution in [0.1, 0.15) is 31.9 Å². The first-order valence-electron chi connectivity index (χ1n) is 5.03. The van der Waals surface area contributed by atoms with Gasteiger partial charge in [0.25, 0.3) is 0 Å². The minimum atomic E-state index is 0. The molecule has 3 heteroatoms. The predicted octanol–water partition coefficient (Wildman–Crippen LogP) is 3.88. The lowest BCUT2D eigenvalue weighted by Gasteiger charge is -2.14. The monoisotopic (exact) mass is 245 g/mol. The molecule has 0 amide bonds. The van der Waals surface area contributed by atoms with Gasteiger partial charge in [-0.1, -0.05) is 26.0 Å². The molecule has 0 unspecified atom stereocenters. The lowest BCUT2D eigenvalue weighted by atomic mass is 9.98. The Morgan fingerprint density at radius 2 is 1.73 bits per heavy atom. The molecule has 86 valence electrons. The van der Waals surface area contributed by atoms with Gasteiger partial charge in [0.2, 0.25) is 0 Å². The molecule has 0 saturated heterocycles. The summed E-state index contributed by atoms with van der Waals surface area (Å²) in [7, 11) is 0. The van der Waals surface area contributed by atoms with Gasteiger partial charge in [-0.3, -0.25) is 0 Å². The quantitative estimate of drug-likeness (QED) is 0.815. The fourth-order valence-electron chi connectivity index (χ4n) is 1.50. The van der Waals surface area contributed by atoms with Crippen molar-refractivity contribution in [1.82, 2.24) is 0 Å². The number of hydrogen-bond donors (Lipinski definition) is 1. The molecule has 1 aromatic carbocycles. The summed E-state index contributed by atoms with van der Waals surface area (Å²) in [6.07, 6.45) is 3.14. The van der Waals surface area contributed by atoms with Crippen LogP contribution in [0.25, 0.3) is 0 Å². The van der Waals surface area contributed by atoms with E-state index in [9.17, 15) is 0 Å². The Morgan fingerprint density at radius 1 is 1.20 bits per heavy atom. The molecule has 0 bridgehead atoms. The molecular weight excluding hydrogens is 226 g/mol. The molecule has 0 heterocycles. The van der Waals surface area contributed by atoms with Crippen LogP contribution in [-0.4, -0.2) is 6.26 Å². The van der Waals surface area contributed by atoms with Crippen molar-refractivity contribution in [1.29, 1.82) is 0 Å². The molecule has 0 aliphatic rings. The van der Waals surface area contributed by atoms with E-state index >= 15 is 0 Å². The summed E-state index contributed by atoms with van der Waals surface area (Å²) in [6, 6.07) is 8.74.